The molecule has 3 aromatic rings. The van der Waals surface area contributed by atoms with Crippen LogP contribution in [-0.4, -0.2) is 55.3 Å². The van der Waals surface area contributed by atoms with Crippen LogP contribution in [0.3, 0.4) is 0 Å². The Morgan fingerprint density at radius 1 is 1.11 bits per heavy atom. The predicted molar refractivity (Wildman–Crippen MR) is 96.9 cm³/mol. The number of pyridine rings is 1. The Bertz CT molecular complexity index is 977. The maximum Gasteiger partial charge on any atom is 0.272 e. The lowest BCUT2D eigenvalue weighted by Gasteiger charge is -2.25. The van der Waals surface area contributed by atoms with E-state index >= 15 is 0 Å². The Morgan fingerprint density at radius 3 is 2.75 bits per heavy atom. The van der Waals surface area contributed by atoms with E-state index in [2.05, 4.69) is 15.2 Å². The van der Waals surface area contributed by atoms with Crippen molar-refractivity contribution in [3.63, 3.8) is 0 Å². The molecule has 1 fully saturated rings. The van der Waals surface area contributed by atoms with Crippen LogP contribution in [0.15, 0.2) is 35.3 Å². The zero-order valence-electron chi connectivity index (χ0n) is 15.3. The molecule has 5 rings (SSSR count). The van der Waals surface area contributed by atoms with Gasteiger partial charge in [-0.1, -0.05) is 6.07 Å². The van der Waals surface area contributed by atoms with Gasteiger partial charge in [-0.15, -0.1) is 10.2 Å². The van der Waals surface area contributed by atoms with Gasteiger partial charge in [0.05, 0.1) is 6.54 Å². The van der Waals surface area contributed by atoms with Crippen LogP contribution in [0.4, 0.5) is 0 Å². The summed E-state index contributed by atoms with van der Waals surface area (Å²) in [6, 6.07) is 5.35. The molecule has 0 radical (unpaired) electrons. The van der Waals surface area contributed by atoms with E-state index in [0.29, 0.717) is 36.9 Å². The second kappa shape index (κ2) is 7.16. The normalized spacial score (nSPS) is 17.5. The SMILES string of the molecule is O=C(c1cccc(-n2cnnc2)n1)N1CCc2oc(C3CCOCC3)nc2C1. The molecule has 1 amide bonds. The third-order valence-electron chi connectivity index (χ3n) is 5.24. The minimum atomic E-state index is -0.115. The van der Waals surface area contributed by atoms with Crippen molar-refractivity contribution >= 4 is 5.91 Å². The van der Waals surface area contributed by atoms with Crippen molar-refractivity contribution < 1.29 is 13.9 Å². The summed E-state index contributed by atoms with van der Waals surface area (Å²) in [7, 11) is 0. The topological polar surface area (TPSA) is 99.2 Å². The van der Waals surface area contributed by atoms with Crippen LogP contribution in [0, 0.1) is 0 Å². The van der Waals surface area contributed by atoms with E-state index in [1.165, 1.54) is 0 Å². The molecule has 2 aliphatic heterocycles. The second-order valence-electron chi connectivity index (χ2n) is 7.04. The van der Waals surface area contributed by atoms with Crippen molar-refractivity contribution in [3.05, 3.63) is 53.9 Å². The summed E-state index contributed by atoms with van der Waals surface area (Å²) in [6.07, 6.45) is 5.64. The Kier molecular flexibility index (Phi) is 4.36. The lowest BCUT2D eigenvalue weighted by molar-refractivity contribution is 0.0720. The van der Waals surface area contributed by atoms with Crippen molar-refractivity contribution in [2.45, 2.75) is 31.7 Å². The summed E-state index contributed by atoms with van der Waals surface area (Å²) in [5, 5.41) is 7.56. The van der Waals surface area contributed by atoms with E-state index in [9.17, 15) is 4.79 Å². The number of ether oxygens (including phenoxy) is 1. The number of rotatable bonds is 3. The van der Waals surface area contributed by atoms with Gasteiger partial charge in [-0.05, 0) is 25.0 Å². The first-order chi connectivity index (χ1) is 13.8. The first-order valence-electron chi connectivity index (χ1n) is 9.45. The van der Waals surface area contributed by atoms with Crippen LogP contribution in [0.25, 0.3) is 5.82 Å². The Balaban J connectivity index is 1.34. The zero-order valence-corrected chi connectivity index (χ0v) is 15.3. The fourth-order valence-corrected chi connectivity index (χ4v) is 3.68. The Morgan fingerprint density at radius 2 is 1.93 bits per heavy atom. The van der Waals surface area contributed by atoms with Gasteiger partial charge in [-0.25, -0.2) is 9.97 Å². The van der Waals surface area contributed by atoms with Crippen LogP contribution in [0.2, 0.25) is 0 Å². The van der Waals surface area contributed by atoms with E-state index in [-0.39, 0.29) is 5.91 Å². The number of nitrogens with zero attached hydrogens (tertiary/aromatic N) is 6. The molecule has 0 bridgehead atoms. The molecule has 5 heterocycles. The standard InChI is InChI=1S/C19H20N6O3/c26-19(14-2-1-3-17(22-14)25-11-20-21-12-25)24-7-4-16-15(10-24)23-18(28-16)13-5-8-27-9-6-13/h1-3,11-13H,4-10H2. The van der Waals surface area contributed by atoms with E-state index in [1.54, 1.807) is 28.2 Å². The molecular weight excluding hydrogens is 360 g/mol. The summed E-state index contributed by atoms with van der Waals surface area (Å²) >= 11 is 0. The van der Waals surface area contributed by atoms with Gasteiger partial charge in [0.2, 0.25) is 0 Å². The average Bonchev–Trinajstić information content (AvgIpc) is 3.43. The van der Waals surface area contributed by atoms with Gasteiger partial charge < -0.3 is 14.1 Å². The van der Waals surface area contributed by atoms with Crippen LogP contribution in [0.1, 0.15) is 46.6 Å². The number of fused-ring (bicyclic) bond motifs is 1. The van der Waals surface area contributed by atoms with E-state index in [4.69, 9.17) is 14.1 Å². The third kappa shape index (κ3) is 3.18. The smallest absolute Gasteiger partial charge is 0.272 e. The summed E-state index contributed by atoms with van der Waals surface area (Å²) in [6.45, 7) is 2.53. The number of oxazole rings is 1. The number of hydrogen-bond acceptors (Lipinski definition) is 7. The molecular formula is C19H20N6O3. The lowest BCUT2D eigenvalue weighted by atomic mass is 10.0. The number of carbonyl (C=O) groups excluding carboxylic acids is 1. The first-order valence-corrected chi connectivity index (χ1v) is 9.45. The van der Waals surface area contributed by atoms with Crippen LogP contribution >= 0.6 is 0 Å². The predicted octanol–water partition coefficient (Wildman–Crippen LogP) is 1.74. The van der Waals surface area contributed by atoms with Crippen molar-refractivity contribution in [1.82, 2.24) is 29.6 Å². The van der Waals surface area contributed by atoms with Gasteiger partial charge in [0, 0.05) is 32.1 Å². The van der Waals surface area contributed by atoms with Crippen molar-refractivity contribution in [2.24, 2.45) is 0 Å². The second-order valence-corrected chi connectivity index (χ2v) is 7.04. The molecule has 144 valence electrons. The van der Waals surface area contributed by atoms with Gasteiger partial charge in [-0.2, -0.15) is 0 Å². The van der Waals surface area contributed by atoms with Crippen molar-refractivity contribution in [3.8, 4) is 5.82 Å². The Labute approximate surface area is 161 Å². The van der Waals surface area contributed by atoms with E-state index in [0.717, 1.165) is 43.4 Å². The summed E-state index contributed by atoms with van der Waals surface area (Å²) in [5.41, 5.74) is 1.25. The molecule has 0 unspecified atom stereocenters. The highest BCUT2D eigenvalue weighted by molar-refractivity contribution is 5.92. The molecule has 2 aliphatic rings. The fourth-order valence-electron chi connectivity index (χ4n) is 3.68. The molecule has 0 aromatic carbocycles. The molecule has 9 heteroatoms. The van der Waals surface area contributed by atoms with Crippen LogP contribution in [-0.2, 0) is 17.7 Å². The Hall–Kier alpha value is -3.07. The number of aromatic nitrogens is 5. The highest BCUT2D eigenvalue weighted by Gasteiger charge is 2.29. The largest absolute Gasteiger partial charge is 0.445 e. The molecule has 28 heavy (non-hydrogen) atoms. The number of hydrogen-bond donors (Lipinski definition) is 0. The molecule has 0 saturated carbocycles. The molecule has 1 saturated heterocycles. The van der Waals surface area contributed by atoms with Crippen LogP contribution in [0.5, 0.6) is 0 Å². The zero-order chi connectivity index (χ0) is 18.9. The van der Waals surface area contributed by atoms with E-state index in [1.807, 2.05) is 12.1 Å². The third-order valence-corrected chi connectivity index (χ3v) is 5.24. The summed E-state index contributed by atoms with van der Waals surface area (Å²) < 4.78 is 13.1. The molecule has 3 aromatic heterocycles. The lowest BCUT2D eigenvalue weighted by Crippen LogP contribution is -2.36. The minimum Gasteiger partial charge on any atom is -0.445 e. The minimum absolute atomic E-state index is 0.115. The van der Waals surface area contributed by atoms with Crippen LogP contribution < -0.4 is 0 Å². The highest BCUT2D eigenvalue weighted by Crippen LogP contribution is 2.30. The van der Waals surface area contributed by atoms with Gasteiger partial charge in [0.25, 0.3) is 5.91 Å². The number of carbonyl (C=O) groups is 1. The molecule has 9 nitrogen and oxygen atoms in total. The molecule has 0 aliphatic carbocycles. The summed E-state index contributed by atoms with van der Waals surface area (Å²) in [4.78, 5) is 23.9. The highest BCUT2D eigenvalue weighted by atomic mass is 16.5. The molecule has 0 spiro atoms. The van der Waals surface area contributed by atoms with Gasteiger partial charge in [-0.3, -0.25) is 9.36 Å². The average molecular weight is 380 g/mol. The van der Waals surface area contributed by atoms with Crippen molar-refractivity contribution in [2.75, 3.05) is 19.8 Å². The van der Waals surface area contributed by atoms with E-state index < -0.39 is 0 Å². The molecule has 0 atom stereocenters. The number of amides is 1. The van der Waals surface area contributed by atoms with Gasteiger partial charge >= 0.3 is 0 Å². The molecule has 0 N–H and O–H groups in total. The fraction of sp³-hybridized carbons (Fsp3) is 0.421. The van der Waals surface area contributed by atoms with Crippen molar-refractivity contribution in [1.29, 1.82) is 0 Å². The summed E-state index contributed by atoms with van der Waals surface area (Å²) in [5.74, 6) is 2.49. The first kappa shape index (κ1) is 17.1. The maximum atomic E-state index is 13.0. The van der Waals surface area contributed by atoms with Gasteiger partial charge in [0.15, 0.2) is 5.89 Å². The maximum absolute atomic E-state index is 13.0. The van der Waals surface area contributed by atoms with Gasteiger partial charge in [0.1, 0.15) is 35.6 Å². The quantitative estimate of drug-likeness (QED) is 0.682. The monoisotopic (exact) mass is 380 g/mol.